The van der Waals surface area contributed by atoms with Crippen molar-refractivity contribution in [2.75, 3.05) is 0 Å². The fraction of sp³-hybridized carbons (Fsp3) is 0.692. The number of aryl methyl sites for hydroxylation is 1. The lowest BCUT2D eigenvalue weighted by molar-refractivity contribution is -0.148. The van der Waals surface area contributed by atoms with Gasteiger partial charge in [0.15, 0.2) is 0 Å². The van der Waals surface area contributed by atoms with E-state index in [1.165, 1.54) is 10.9 Å². The second kappa shape index (κ2) is 5.01. The molecule has 0 spiro atoms. The molecule has 0 radical (unpaired) electrons. The van der Waals surface area contributed by atoms with Gasteiger partial charge in [-0.25, -0.2) is 4.79 Å². The maximum Gasteiger partial charge on any atom is 0.408 e. The molecular formula is C13H20N4O4. The van der Waals surface area contributed by atoms with Crippen LogP contribution in [-0.2, 0) is 22.1 Å². The van der Waals surface area contributed by atoms with Crippen molar-refractivity contribution in [1.82, 2.24) is 20.3 Å². The Bertz CT molecular complexity index is 555. The molecule has 0 bridgehead atoms. The molecule has 0 aliphatic heterocycles. The Balaban J connectivity index is 2.18. The molecule has 8 heteroatoms. The van der Waals surface area contributed by atoms with E-state index >= 15 is 0 Å². The number of carboxylic acid groups (broad SMARTS) is 1. The molecule has 1 heterocycles. The van der Waals surface area contributed by atoms with Crippen LogP contribution in [0.3, 0.4) is 0 Å². The number of carbonyl (C=O) groups excluding carboxylic acids is 1. The highest BCUT2D eigenvalue weighted by Crippen LogP contribution is 2.45. The number of aromatic nitrogens is 3. The summed E-state index contributed by atoms with van der Waals surface area (Å²) in [6.07, 6.45) is 1.55. The predicted molar refractivity (Wildman–Crippen MR) is 72.4 cm³/mol. The van der Waals surface area contributed by atoms with Gasteiger partial charge in [-0.1, -0.05) is 5.21 Å². The fourth-order valence-electron chi connectivity index (χ4n) is 2.55. The van der Waals surface area contributed by atoms with Gasteiger partial charge in [0.2, 0.25) is 0 Å². The summed E-state index contributed by atoms with van der Waals surface area (Å²) in [5.74, 6) is -1.36. The average Bonchev–Trinajstić information content (AvgIpc) is 2.66. The summed E-state index contributed by atoms with van der Waals surface area (Å²) in [5, 5.41) is 19.5. The van der Waals surface area contributed by atoms with Crippen LogP contribution in [0.5, 0.6) is 0 Å². The van der Waals surface area contributed by atoms with Crippen LogP contribution < -0.4 is 5.32 Å². The van der Waals surface area contributed by atoms with E-state index < -0.39 is 29.1 Å². The zero-order valence-corrected chi connectivity index (χ0v) is 12.6. The smallest absolute Gasteiger partial charge is 0.408 e. The molecule has 1 aliphatic carbocycles. The SMILES string of the molecule is Cn1nncc1C1(NC(=O)OC(C)(C)C)CC(C(=O)O)C1. The monoisotopic (exact) mass is 296 g/mol. The summed E-state index contributed by atoms with van der Waals surface area (Å²) in [7, 11) is 1.70. The Morgan fingerprint density at radius 3 is 2.52 bits per heavy atom. The molecule has 1 aromatic heterocycles. The van der Waals surface area contributed by atoms with Crippen LogP contribution in [-0.4, -0.2) is 37.8 Å². The van der Waals surface area contributed by atoms with Gasteiger partial charge >= 0.3 is 12.1 Å². The lowest BCUT2D eigenvalue weighted by Crippen LogP contribution is -2.58. The number of amides is 1. The molecule has 1 amide bonds. The van der Waals surface area contributed by atoms with Crippen molar-refractivity contribution in [3.63, 3.8) is 0 Å². The van der Waals surface area contributed by atoms with Gasteiger partial charge in [-0.15, -0.1) is 5.10 Å². The Labute approximate surface area is 122 Å². The topological polar surface area (TPSA) is 106 Å². The highest BCUT2D eigenvalue weighted by atomic mass is 16.6. The minimum absolute atomic E-state index is 0.294. The molecule has 1 fully saturated rings. The van der Waals surface area contributed by atoms with Crippen molar-refractivity contribution >= 4 is 12.1 Å². The van der Waals surface area contributed by atoms with Crippen molar-refractivity contribution < 1.29 is 19.4 Å². The van der Waals surface area contributed by atoms with E-state index in [4.69, 9.17) is 9.84 Å². The van der Waals surface area contributed by atoms with Crippen LogP contribution in [0.2, 0.25) is 0 Å². The van der Waals surface area contributed by atoms with E-state index in [0.717, 1.165) is 0 Å². The van der Waals surface area contributed by atoms with Gasteiger partial charge in [-0.2, -0.15) is 0 Å². The molecule has 1 aromatic rings. The Kier molecular flexibility index (Phi) is 3.65. The predicted octanol–water partition coefficient (Wildman–Crippen LogP) is 1.03. The lowest BCUT2D eigenvalue weighted by atomic mass is 9.66. The summed E-state index contributed by atoms with van der Waals surface area (Å²) >= 11 is 0. The normalized spacial score (nSPS) is 25.0. The molecule has 1 saturated carbocycles. The van der Waals surface area contributed by atoms with Gasteiger partial charge in [0.05, 0.1) is 23.3 Å². The first kappa shape index (κ1) is 15.3. The van der Waals surface area contributed by atoms with Crippen LogP contribution in [0.1, 0.15) is 39.3 Å². The van der Waals surface area contributed by atoms with Crippen LogP contribution in [0, 0.1) is 5.92 Å². The first-order valence-corrected chi connectivity index (χ1v) is 6.72. The van der Waals surface area contributed by atoms with E-state index in [1.807, 2.05) is 0 Å². The fourth-order valence-corrected chi connectivity index (χ4v) is 2.55. The molecular weight excluding hydrogens is 276 g/mol. The van der Waals surface area contributed by atoms with Gasteiger partial charge < -0.3 is 15.2 Å². The third-order valence-electron chi connectivity index (χ3n) is 3.48. The maximum absolute atomic E-state index is 12.0. The Morgan fingerprint density at radius 2 is 2.10 bits per heavy atom. The Hall–Kier alpha value is -2.12. The third-order valence-corrected chi connectivity index (χ3v) is 3.48. The van der Waals surface area contributed by atoms with Crippen molar-refractivity contribution in [2.45, 2.75) is 44.8 Å². The number of aliphatic carboxylic acids is 1. The minimum Gasteiger partial charge on any atom is -0.481 e. The van der Waals surface area contributed by atoms with Gasteiger partial charge in [-0.05, 0) is 33.6 Å². The molecule has 1 aliphatic rings. The highest BCUT2D eigenvalue weighted by Gasteiger charge is 2.52. The highest BCUT2D eigenvalue weighted by molar-refractivity contribution is 5.74. The second-order valence-corrected chi connectivity index (χ2v) is 6.40. The van der Waals surface area contributed by atoms with Crippen molar-refractivity contribution in [1.29, 1.82) is 0 Å². The zero-order valence-electron chi connectivity index (χ0n) is 12.6. The number of nitrogens with zero attached hydrogens (tertiary/aromatic N) is 3. The summed E-state index contributed by atoms with van der Waals surface area (Å²) in [6.45, 7) is 5.31. The molecule has 0 unspecified atom stereocenters. The van der Waals surface area contributed by atoms with Crippen LogP contribution in [0.25, 0.3) is 0 Å². The summed E-state index contributed by atoms with van der Waals surface area (Å²) in [5.41, 5.74) is -0.735. The number of hydrogen-bond acceptors (Lipinski definition) is 5. The van der Waals surface area contributed by atoms with Gasteiger partial charge in [0, 0.05) is 7.05 Å². The summed E-state index contributed by atoms with van der Waals surface area (Å²) in [4.78, 5) is 23.1. The largest absolute Gasteiger partial charge is 0.481 e. The molecule has 2 rings (SSSR count). The van der Waals surface area contributed by atoms with Crippen LogP contribution in [0.4, 0.5) is 4.79 Å². The molecule has 8 nitrogen and oxygen atoms in total. The molecule has 0 aromatic carbocycles. The van der Waals surface area contributed by atoms with E-state index in [-0.39, 0.29) is 0 Å². The van der Waals surface area contributed by atoms with Crippen molar-refractivity contribution in [2.24, 2.45) is 13.0 Å². The minimum atomic E-state index is -0.869. The number of hydrogen-bond donors (Lipinski definition) is 2. The van der Waals surface area contributed by atoms with Crippen LogP contribution in [0.15, 0.2) is 6.20 Å². The number of rotatable bonds is 3. The first-order chi connectivity index (χ1) is 9.63. The summed E-state index contributed by atoms with van der Waals surface area (Å²) in [6, 6.07) is 0. The van der Waals surface area contributed by atoms with Crippen molar-refractivity contribution in [3.8, 4) is 0 Å². The molecule has 2 N–H and O–H groups in total. The van der Waals surface area contributed by atoms with E-state index in [2.05, 4.69) is 15.6 Å². The quantitative estimate of drug-likeness (QED) is 0.862. The Morgan fingerprint density at radius 1 is 1.48 bits per heavy atom. The lowest BCUT2D eigenvalue weighted by Gasteiger charge is -2.45. The zero-order chi connectivity index (χ0) is 15.8. The summed E-state index contributed by atoms with van der Waals surface area (Å²) < 4.78 is 6.79. The molecule has 0 atom stereocenters. The second-order valence-electron chi connectivity index (χ2n) is 6.40. The van der Waals surface area contributed by atoms with E-state index in [9.17, 15) is 9.59 Å². The van der Waals surface area contributed by atoms with E-state index in [0.29, 0.717) is 18.5 Å². The number of alkyl carbamates (subject to hydrolysis) is 1. The third kappa shape index (κ3) is 3.14. The van der Waals surface area contributed by atoms with E-state index in [1.54, 1.807) is 27.8 Å². The molecule has 21 heavy (non-hydrogen) atoms. The van der Waals surface area contributed by atoms with Gasteiger partial charge in [-0.3, -0.25) is 9.48 Å². The van der Waals surface area contributed by atoms with Gasteiger partial charge in [0.25, 0.3) is 0 Å². The number of nitrogens with one attached hydrogen (secondary N) is 1. The van der Waals surface area contributed by atoms with Crippen molar-refractivity contribution in [3.05, 3.63) is 11.9 Å². The number of carboxylic acids is 1. The molecule has 0 saturated heterocycles. The number of carbonyl (C=O) groups is 2. The van der Waals surface area contributed by atoms with Crippen LogP contribution >= 0.6 is 0 Å². The average molecular weight is 296 g/mol. The molecule has 116 valence electrons. The first-order valence-electron chi connectivity index (χ1n) is 6.72. The standard InChI is InChI=1S/C13H20N4O4/c1-12(2,3)21-11(20)15-13(5-8(6-13)10(18)19)9-7-14-16-17(9)4/h7-8H,5-6H2,1-4H3,(H,15,20)(H,18,19). The number of ether oxygens (including phenoxy) is 1. The maximum atomic E-state index is 12.0. The van der Waals surface area contributed by atoms with Gasteiger partial charge in [0.1, 0.15) is 5.60 Å².